The minimum atomic E-state index is -0.150. The highest BCUT2D eigenvalue weighted by atomic mass is 16.5. The molecule has 0 spiro atoms. The highest BCUT2D eigenvalue weighted by Crippen LogP contribution is 2.47. The Balaban J connectivity index is 1.98. The van der Waals surface area contributed by atoms with Gasteiger partial charge in [-0.15, -0.1) is 0 Å². The number of aryl methyl sites for hydroxylation is 1. The molecule has 2 nitrogen and oxygen atoms in total. The molecule has 23 heavy (non-hydrogen) atoms. The zero-order chi connectivity index (χ0) is 16.7. The Bertz CT molecular complexity index is 491. The fraction of sp³-hybridized carbons (Fsp3) is 0.667. The van der Waals surface area contributed by atoms with Gasteiger partial charge >= 0.3 is 5.97 Å². The van der Waals surface area contributed by atoms with E-state index in [0.29, 0.717) is 5.56 Å². The van der Waals surface area contributed by atoms with Gasteiger partial charge in [0.05, 0.1) is 5.56 Å². The first-order valence-corrected chi connectivity index (χ1v) is 9.39. The molecular weight excluding hydrogens is 284 g/mol. The van der Waals surface area contributed by atoms with Gasteiger partial charge in [-0.1, -0.05) is 57.2 Å². The zero-order valence-electron chi connectivity index (χ0n) is 15.1. The molecule has 0 saturated heterocycles. The minimum absolute atomic E-state index is 0.0999. The maximum atomic E-state index is 12.5. The maximum absolute atomic E-state index is 12.5. The van der Waals surface area contributed by atoms with Crippen molar-refractivity contribution in [2.45, 2.75) is 84.7 Å². The van der Waals surface area contributed by atoms with Crippen molar-refractivity contribution < 1.29 is 9.53 Å². The molecule has 1 aliphatic carbocycles. The molecule has 2 heteroatoms. The Labute approximate surface area is 141 Å². The van der Waals surface area contributed by atoms with Gasteiger partial charge < -0.3 is 4.74 Å². The first kappa shape index (κ1) is 18.0. The predicted molar refractivity (Wildman–Crippen MR) is 95.7 cm³/mol. The number of ether oxygens (including phenoxy) is 1. The average molecular weight is 316 g/mol. The summed E-state index contributed by atoms with van der Waals surface area (Å²) in [6, 6.07) is 7.70. The van der Waals surface area contributed by atoms with E-state index in [2.05, 4.69) is 13.8 Å². The summed E-state index contributed by atoms with van der Waals surface area (Å²) in [5.74, 6) is -0.150. The lowest BCUT2D eigenvalue weighted by molar-refractivity contribution is -0.0107. The second-order valence-electron chi connectivity index (χ2n) is 7.18. The van der Waals surface area contributed by atoms with Crippen LogP contribution in [0, 0.1) is 12.3 Å². The molecule has 1 fully saturated rings. The second kappa shape index (κ2) is 8.52. The van der Waals surface area contributed by atoms with Crippen LogP contribution < -0.4 is 0 Å². The summed E-state index contributed by atoms with van der Waals surface area (Å²) >= 11 is 0. The number of carbonyl (C=O) groups is 1. The highest BCUT2D eigenvalue weighted by Gasteiger charge is 2.43. The molecule has 128 valence electrons. The quantitative estimate of drug-likeness (QED) is 0.429. The molecule has 1 aromatic rings. The molecule has 2 atom stereocenters. The molecule has 1 aromatic carbocycles. The van der Waals surface area contributed by atoms with E-state index >= 15 is 0 Å². The molecule has 0 heterocycles. The Kier molecular flexibility index (Phi) is 6.68. The van der Waals surface area contributed by atoms with Crippen molar-refractivity contribution in [1.29, 1.82) is 0 Å². The molecule has 0 aromatic heterocycles. The lowest BCUT2D eigenvalue weighted by Crippen LogP contribution is -2.33. The average Bonchev–Trinajstić information content (AvgIpc) is 2.95. The summed E-state index contributed by atoms with van der Waals surface area (Å²) in [5.41, 5.74) is 2.06. The first-order valence-electron chi connectivity index (χ1n) is 9.39. The molecule has 0 amide bonds. The van der Waals surface area contributed by atoms with Crippen molar-refractivity contribution in [2.24, 2.45) is 5.41 Å². The van der Waals surface area contributed by atoms with Gasteiger partial charge in [0, 0.05) is 5.41 Å². The molecule has 2 unspecified atom stereocenters. The van der Waals surface area contributed by atoms with Crippen molar-refractivity contribution in [3.8, 4) is 0 Å². The second-order valence-corrected chi connectivity index (χ2v) is 7.18. The number of esters is 1. The fourth-order valence-corrected chi connectivity index (χ4v) is 3.95. The summed E-state index contributed by atoms with van der Waals surface area (Å²) in [4.78, 5) is 12.5. The maximum Gasteiger partial charge on any atom is 0.338 e. The van der Waals surface area contributed by atoms with E-state index in [1.54, 1.807) is 0 Å². The Morgan fingerprint density at radius 2 is 1.91 bits per heavy atom. The molecule has 1 aliphatic rings. The number of carbonyl (C=O) groups excluding carboxylic acids is 1. The molecule has 1 saturated carbocycles. The van der Waals surface area contributed by atoms with Crippen LogP contribution in [-0.4, -0.2) is 12.1 Å². The Morgan fingerprint density at radius 3 is 2.57 bits per heavy atom. The van der Waals surface area contributed by atoms with E-state index in [4.69, 9.17) is 4.74 Å². The topological polar surface area (TPSA) is 26.3 Å². The van der Waals surface area contributed by atoms with E-state index in [0.717, 1.165) is 12.8 Å². The summed E-state index contributed by atoms with van der Waals surface area (Å²) in [7, 11) is 0. The predicted octanol–water partition coefficient (Wildman–Crippen LogP) is 6.07. The molecule has 0 bridgehead atoms. The van der Waals surface area contributed by atoms with Crippen molar-refractivity contribution >= 4 is 5.97 Å². The van der Waals surface area contributed by atoms with E-state index in [1.807, 2.05) is 31.2 Å². The van der Waals surface area contributed by atoms with Gasteiger partial charge in [0.2, 0.25) is 0 Å². The van der Waals surface area contributed by atoms with Crippen LogP contribution in [0.2, 0.25) is 0 Å². The van der Waals surface area contributed by atoms with Gasteiger partial charge in [0.25, 0.3) is 0 Å². The molecular formula is C21H32O2. The standard InChI is InChI=1S/C21H32O2/c1-4-6-7-8-15-21(5-2)16-9-10-19(21)23-20(22)18-13-11-17(3)12-14-18/h11-14,19H,4-10,15-16H2,1-3H3. The van der Waals surface area contributed by atoms with Crippen molar-refractivity contribution in [1.82, 2.24) is 0 Å². The van der Waals surface area contributed by atoms with Crippen LogP contribution in [-0.2, 0) is 4.74 Å². The molecule has 2 rings (SSSR count). The monoisotopic (exact) mass is 316 g/mol. The van der Waals surface area contributed by atoms with Gasteiger partial charge in [0.15, 0.2) is 0 Å². The summed E-state index contributed by atoms with van der Waals surface area (Å²) in [6.45, 7) is 6.54. The van der Waals surface area contributed by atoms with Gasteiger partial charge in [-0.05, 0) is 51.2 Å². The number of hydrogen-bond donors (Lipinski definition) is 0. The zero-order valence-corrected chi connectivity index (χ0v) is 15.1. The number of unbranched alkanes of at least 4 members (excludes halogenated alkanes) is 3. The van der Waals surface area contributed by atoms with Crippen molar-refractivity contribution in [3.63, 3.8) is 0 Å². The lowest BCUT2D eigenvalue weighted by Gasteiger charge is -2.34. The third-order valence-electron chi connectivity index (χ3n) is 5.59. The van der Waals surface area contributed by atoms with Gasteiger partial charge in [-0.2, -0.15) is 0 Å². The van der Waals surface area contributed by atoms with Crippen LogP contribution in [0.3, 0.4) is 0 Å². The summed E-state index contributed by atoms with van der Waals surface area (Å²) < 4.78 is 5.96. The van der Waals surface area contributed by atoms with E-state index < -0.39 is 0 Å². The third-order valence-corrected chi connectivity index (χ3v) is 5.59. The fourth-order valence-electron chi connectivity index (χ4n) is 3.95. The lowest BCUT2D eigenvalue weighted by atomic mass is 9.76. The van der Waals surface area contributed by atoms with Gasteiger partial charge in [-0.25, -0.2) is 4.79 Å². The van der Waals surface area contributed by atoms with Crippen LogP contribution in [0.25, 0.3) is 0 Å². The van der Waals surface area contributed by atoms with Crippen LogP contribution >= 0.6 is 0 Å². The van der Waals surface area contributed by atoms with Crippen molar-refractivity contribution in [3.05, 3.63) is 35.4 Å². The third kappa shape index (κ3) is 4.59. The summed E-state index contributed by atoms with van der Waals surface area (Å²) in [6.07, 6.45) is 11.0. The Morgan fingerprint density at radius 1 is 1.17 bits per heavy atom. The van der Waals surface area contributed by atoms with Crippen LogP contribution in [0.5, 0.6) is 0 Å². The number of rotatable bonds is 8. The molecule has 0 N–H and O–H groups in total. The molecule has 0 aliphatic heterocycles. The van der Waals surface area contributed by atoms with Crippen LogP contribution in [0.15, 0.2) is 24.3 Å². The number of hydrogen-bond acceptors (Lipinski definition) is 2. The van der Waals surface area contributed by atoms with E-state index in [9.17, 15) is 4.79 Å². The largest absolute Gasteiger partial charge is 0.458 e. The first-order chi connectivity index (χ1) is 11.1. The van der Waals surface area contributed by atoms with Crippen molar-refractivity contribution in [2.75, 3.05) is 0 Å². The van der Waals surface area contributed by atoms with E-state index in [-0.39, 0.29) is 17.5 Å². The van der Waals surface area contributed by atoms with Crippen LogP contribution in [0.4, 0.5) is 0 Å². The van der Waals surface area contributed by atoms with Crippen LogP contribution in [0.1, 0.15) is 87.6 Å². The van der Waals surface area contributed by atoms with Gasteiger partial charge in [0.1, 0.15) is 6.10 Å². The normalized spacial score (nSPS) is 23.9. The van der Waals surface area contributed by atoms with E-state index in [1.165, 1.54) is 50.5 Å². The smallest absolute Gasteiger partial charge is 0.338 e. The minimum Gasteiger partial charge on any atom is -0.458 e. The Hall–Kier alpha value is -1.31. The number of benzene rings is 1. The highest BCUT2D eigenvalue weighted by molar-refractivity contribution is 5.89. The summed E-state index contributed by atoms with van der Waals surface area (Å²) in [5, 5.41) is 0. The SMILES string of the molecule is CCCCCCC1(CC)CCCC1OC(=O)c1ccc(C)cc1. The van der Waals surface area contributed by atoms with Gasteiger partial charge in [-0.3, -0.25) is 0 Å². The molecule has 0 radical (unpaired) electrons.